The highest BCUT2D eigenvalue weighted by molar-refractivity contribution is 9.10. The quantitative estimate of drug-likeness (QED) is 0.807. The lowest BCUT2D eigenvalue weighted by molar-refractivity contribution is 0.326. The number of hydrogen-bond donors (Lipinski definition) is 0. The fourth-order valence-electron chi connectivity index (χ4n) is 2.44. The monoisotopic (exact) mass is 368 g/mol. The minimum Gasteiger partial charge on any atom is -0.353 e. The zero-order chi connectivity index (χ0) is 14.8. The van der Waals surface area contributed by atoms with Gasteiger partial charge in [0.25, 0.3) is 0 Å². The minimum absolute atomic E-state index is 0.318. The highest BCUT2D eigenvalue weighted by atomic mass is 79.9. The Balaban J connectivity index is 1.63. The van der Waals surface area contributed by atoms with Gasteiger partial charge in [-0.25, -0.2) is 4.98 Å². The van der Waals surface area contributed by atoms with Crippen molar-refractivity contribution < 1.29 is 4.52 Å². The van der Waals surface area contributed by atoms with E-state index >= 15 is 0 Å². The Morgan fingerprint density at radius 3 is 2.71 bits per heavy atom. The molecule has 7 heteroatoms. The molecule has 0 radical (unpaired) electrons. The van der Waals surface area contributed by atoms with E-state index in [0.717, 1.165) is 55.9 Å². The molecule has 1 aliphatic heterocycles. The van der Waals surface area contributed by atoms with Crippen LogP contribution in [0.25, 0.3) is 0 Å². The number of nitrogens with zero attached hydrogens (tertiary/aromatic N) is 4. The van der Waals surface area contributed by atoms with Crippen molar-refractivity contribution in [3.63, 3.8) is 0 Å². The summed E-state index contributed by atoms with van der Waals surface area (Å²) in [6, 6.07) is 0. The Kier molecular flexibility index (Phi) is 4.55. The standard InChI is InChI=1S/C14H18BrN4OP/c1-9(2)12-17-13(20-18-12)10-3-5-19(6-4-10)14-16-7-11(15)8-21-14/h7-10H,3-6H2,1-2H3. The predicted molar refractivity (Wildman–Crippen MR) is 87.0 cm³/mol. The first-order valence-electron chi connectivity index (χ1n) is 7.19. The summed E-state index contributed by atoms with van der Waals surface area (Å²) in [5.74, 6) is 4.44. The average Bonchev–Trinajstić information content (AvgIpc) is 2.98. The van der Waals surface area contributed by atoms with E-state index in [4.69, 9.17) is 4.52 Å². The highest BCUT2D eigenvalue weighted by Gasteiger charge is 2.26. The van der Waals surface area contributed by atoms with E-state index in [1.165, 1.54) is 0 Å². The van der Waals surface area contributed by atoms with Crippen LogP contribution >= 0.6 is 24.1 Å². The molecule has 2 aromatic heterocycles. The van der Waals surface area contributed by atoms with Gasteiger partial charge >= 0.3 is 0 Å². The molecule has 112 valence electrons. The molecule has 0 saturated carbocycles. The maximum absolute atomic E-state index is 5.43. The van der Waals surface area contributed by atoms with Crippen molar-refractivity contribution in [1.29, 1.82) is 0 Å². The van der Waals surface area contributed by atoms with Gasteiger partial charge in [-0.3, -0.25) is 0 Å². The van der Waals surface area contributed by atoms with Crippen molar-refractivity contribution in [1.82, 2.24) is 15.1 Å². The Morgan fingerprint density at radius 2 is 2.14 bits per heavy atom. The van der Waals surface area contributed by atoms with E-state index in [2.05, 4.69) is 55.6 Å². The van der Waals surface area contributed by atoms with Gasteiger partial charge in [0.15, 0.2) is 11.4 Å². The lowest BCUT2D eigenvalue weighted by Gasteiger charge is -2.30. The van der Waals surface area contributed by atoms with E-state index < -0.39 is 0 Å². The molecular formula is C14H18BrN4OP. The molecule has 0 bridgehead atoms. The maximum Gasteiger partial charge on any atom is 0.229 e. The normalized spacial score (nSPS) is 17.0. The number of rotatable bonds is 3. The van der Waals surface area contributed by atoms with Crippen LogP contribution in [0.3, 0.4) is 0 Å². The van der Waals surface area contributed by atoms with Gasteiger partial charge in [0.2, 0.25) is 5.89 Å². The van der Waals surface area contributed by atoms with Crippen LogP contribution in [0.5, 0.6) is 0 Å². The molecule has 1 fully saturated rings. The lowest BCUT2D eigenvalue weighted by Crippen LogP contribution is -2.33. The Morgan fingerprint density at radius 1 is 1.38 bits per heavy atom. The summed E-state index contributed by atoms with van der Waals surface area (Å²) >= 11 is 3.44. The van der Waals surface area contributed by atoms with Crippen molar-refractivity contribution >= 4 is 29.7 Å². The summed E-state index contributed by atoms with van der Waals surface area (Å²) in [5, 5.41) is 4.07. The second-order valence-electron chi connectivity index (χ2n) is 5.61. The van der Waals surface area contributed by atoms with Gasteiger partial charge in [-0.05, 0) is 42.8 Å². The molecule has 1 aliphatic rings. The molecule has 0 N–H and O–H groups in total. The van der Waals surface area contributed by atoms with Gasteiger partial charge in [-0.1, -0.05) is 19.0 Å². The van der Waals surface area contributed by atoms with E-state index in [1.807, 2.05) is 6.20 Å². The van der Waals surface area contributed by atoms with Crippen LogP contribution in [-0.2, 0) is 0 Å². The van der Waals surface area contributed by atoms with Crippen LogP contribution in [0, 0.1) is 0 Å². The lowest BCUT2D eigenvalue weighted by atomic mass is 9.97. The van der Waals surface area contributed by atoms with Crippen LogP contribution in [-0.4, -0.2) is 28.2 Å². The Labute approximate surface area is 134 Å². The van der Waals surface area contributed by atoms with Gasteiger partial charge in [0, 0.05) is 35.6 Å². The second-order valence-corrected chi connectivity index (χ2v) is 7.44. The molecule has 0 amide bonds. The van der Waals surface area contributed by atoms with Crippen LogP contribution in [0.4, 0.5) is 5.55 Å². The van der Waals surface area contributed by atoms with Crippen LogP contribution in [0.2, 0.25) is 0 Å². The molecule has 0 spiro atoms. The summed E-state index contributed by atoms with van der Waals surface area (Å²) in [6.45, 7) is 6.16. The second kappa shape index (κ2) is 6.41. The van der Waals surface area contributed by atoms with Crippen LogP contribution in [0.15, 0.2) is 21.0 Å². The molecule has 21 heavy (non-hydrogen) atoms. The van der Waals surface area contributed by atoms with Gasteiger partial charge in [0.05, 0.1) is 0 Å². The van der Waals surface area contributed by atoms with Crippen LogP contribution < -0.4 is 4.90 Å². The summed E-state index contributed by atoms with van der Waals surface area (Å²) in [6.07, 6.45) is 3.95. The topological polar surface area (TPSA) is 55.1 Å². The van der Waals surface area contributed by atoms with E-state index in [1.54, 1.807) is 0 Å². The van der Waals surface area contributed by atoms with Crippen molar-refractivity contribution in [2.75, 3.05) is 18.0 Å². The third-order valence-corrected chi connectivity index (χ3v) is 5.53. The minimum atomic E-state index is 0.318. The van der Waals surface area contributed by atoms with Crippen LogP contribution in [0.1, 0.15) is 50.2 Å². The molecule has 3 heterocycles. The number of piperidine rings is 1. The van der Waals surface area contributed by atoms with Crippen molar-refractivity contribution in [2.24, 2.45) is 0 Å². The van der Waals surface area contributed by atoms with E-state index in [-0.39, 0.29) is 0 Å². The third-order valence-electron chi connectivity index (χ3n) is 3.71. The molecule has 5 nitrogen and oxygen atoms in total. The summed E-state index contributed by atoms with van der Waals surface area (Å²) in [7, 11) is 1.16. The van der Waals surface area contributed by atoms with Gasteiger partial charge in [-0.2, -0.15) is 4.98 Å². The zero-order valence-electron chi connectivity index (χ0n) is 12.2. The molecule has 0 unspecified atom stereocenters. The van der Waals surface area contributed by atoms with Crippen molar-refractivity contribution in [3.8, 4) is 0 Å². The molecule has 0 aliphatic carbocycles. The number of hydrogen-bond acceptors (Lipinski definition) is 5. The third kappa shape index (κ3) is 3.43. The SMILES string of the molecule is CC(C)c1noc(C2CCN(c3ncc(Br)cp3)CC2)n1. The van der Waals surface area contributed by atoms with Crippen molar-refractivity contribution in [2.45, 2.75) is 38.5 Å². The smallest absolute Gasteiger partial charge is 0.229 e. The largest absolute Gasteiger partial charge is 0.353 e. The molecule has 1 saturated heterocycles. The summed E-state index contributed by atoms with van der Waals surface area (Å²) in [4.78, 5) is 11.4. The fourth-order valence-corrected chi connectivity index (χ4v) is 3.65. The first-order chi connectivity index (χ1) is 10.1. The first kappa shape index (κ1) is 14.9. The first-order valence-corrected chi connectivity index (χ1v) is 8.95. The zero-order valence-corrected chi connectivity index (χ0v) is 14.6. The van der Waals surface area contributed by atoms with Gasteiger partial charge in [0.1, 0.15) is 0 Å². The molecule has 0 atom stereocenters. The van der Waals surface area contributed by atoms with Gasteiger partial charge in [-0.15, -0.1) is 0 Å². The molecular weight excluding hydrogens is 351 g/mol. The summed E-state index contributed by atoms with van der Waals surface area (Å²) in [5.41, 5.74) is 1.13. The summed E-state index contributed by atoms with van der Waals surface area (Å²) < 4.78 is 6.48. The van der Waals surface area contributed by atoms with Crippen molar-refractivity contribution in [3.05, 3.63) is 28.2 Å². The number of aromatic nitrogens is 3. The van der Waals surface area contributed by atoms with E-state index in [9.17, 15) is 0 Å². The maximum atomic E-state index is 5.43. The highest BCUT2D eigenvalue weighted by Crippen LogP contribution is 2.32. The van der Waals surface area contributed by atoms with E-state index in [0.29, 0.717) is 11.8 Å². The number of halogens is 1. The number of anilines is 1. The Bertz CT molecular complexity index is 593. The Hall–Kier alpha value is -1.00. The van der Waals surface area contributed by atoms with Gasteiger partial charge < -0.3 is 9.42 Å². The average molecular weight is 369 g/mol. The fraction of sp³-hybridized carbons (Fsp3) is 0.571. The molecule has 3 rings (SSSR count). The molecule has 0 aromatic carbocycles. The molecule has 2 aromatic rings. The predicted octanol–water partition coefficient (Wildman–Crippen LogP) is 4.31.